The van der Waals surface area contributed by atoms with E-state index in [0.29, 0.717) is 23.6 Å². The fourth-order valence-electron chi connectivity index (χ4n) is 2.26. The Balaban J connectivity index is 1.76. The number of hydrogen-bond donors (Lipinski definition) is 3. The molecule has 0 unspecified atom stereocenters. The van der Waals surface area contributed by atoms with Crippen LogP contribution in [0.3, 0.4) is 0 Å². The molecule has 0 aliphatic heterocycles. The predicted octanol–water partition coefficient (Wildman–Crippen LogP) is 1.86. The van der Waals surface area contributed by atoms with E-state index < -0.39 is 11.8 Å². The molecule has 0 heterocycles. The molecule has 3 N–H and O–H groups in total. The van der Waals surface area contributed by atoms with Gasteiger partial charge in [0.05, 0.1) is 12.8 Å². The minimum Gasteiger partial charge on any atom is -0.494 e. The number of nitrogens with zero attached hydrogens (tertiary/aromatic N) is 1. The van der Waals surface area contributed by atoms with Gasteiger partial charge in [0.2, 0.25) is 0 Å². The Morgan fingerprint density at radius 3 is 2.26 bits per heavy atom. The van der Waals surface area contributed by atoms with Crippen LogP contribution < -0.4 is 25.5 Å². The molecule has 9 nitrogen and oxygen atoms in total. The summed E-state index contributed by atoms with van der Waals surface area (Å²) in [5, 5.41) is 8.78. The summed E-state index contributed by atoms with van der Waals surface area (Å²) >= 11 is 0. The number of rotatable bonds is 10. The molecule has 2 aromatic carbocycles. The Morgan fingerprint density at radius 2 is 1.61 bits per heavy atom. The molecule has 0 aliphatic rings. The third-order valence-electron chi connectivity index (χ3n) is 3.69. The molecule has 162 valence electrons. The van der Waals surface area contributed by atoms with Crippen LogP contribution >= 0.6 is 0 Å². The number of hydrogen-bond acceptors (Lipinski definition) is 6. The van der Waals surface area contributed by atoms with Gasteiger partial charge in [0.15, 0.2) is 6.61 Å². The molecule has 3 amide bonds. The topological polar surface area (TPSA) is 118 Å². The second-order valence-corrected chi connectivity index (χ2v) is 6.06. The minimum atomic E-state index is -0.878. The van der Waals surface area contributed by atoms with Gasteiger partial charge in [0.1, 0.15) is 11.5 Å². The van der Waals surface area contributed by atoms with Gasteiger partial charge in [0, 0.05) is 12.2 Å². The second-order valence-electron chi connectivity index (χ2n) is 6.06. The molecule has 0 radical (unpaired) electrons. The summed E-state index contributed by atoms with van der Waals surface area (Å²) in [6, 6.07) is 13.7. The Kier molecular flexibility index (Phi) is 9.28. The maximum absolute atomic E-state index is 12.0. The lowest BCUT2D eigenvalue weighted by Crippen LogP contribution is -2.37. The first kappa shape index (κ1) is 23.1. The highest BCUT2D eigenvalue weighted by Gasteiger charge is 2.10. The molecule has 0 fully saturated rings. The van der Waals surface area contributed by atoms with E-state index in [1.54, 1.807) is 48.5 Å². The molecule has 31 heavy (non-hydrogen) atoms. The van der Waals surface area contributed by atoms with Gasteiger partial charge in [-0.05, 0) is 61.0 Å². The average Bonchev–Trinajstić information content (AvgIpc) is 2.78. The lowest BCUT2D eigenvalue weighted by atomic mass is 10.2. The fourth-order valence-corrected chi connectivity index (χ4v) is 2.26. The molecular weight excluding hydrogens is 400 g/mol. The van der Waals surface area contributed by atoms with Crippen LogP contribution in [0.15, 0.2) is 66.3 Å². The maximum atomic E-state index is 12.0. The van der Waals surface area contributed by atoms with E-state index in [1.807, 2.05) is 6.92 Å². The number of anilines is 1. The lowest BCUT2D eigenvalue weighted by Gasteiger charge is -2.08. The van der Waals surface area contributed by atoms with Crippen molar-refractivity contribution in [3.63, 3.8) is 0 Å². The highest BCUT2D eigenvalue weighted by Crippen LogP contribution is 2.16. The van der Waals surface area contributed by atoms with Crippen molar-refractivity contribution in [1.82, 2.24) is 10.7 Å². The van der Waals surface area contributed by atoms with Crippen molar-refractivity contribution < 1.29 is 23.9 Å². The Hall–Kier alpha value is -4.14. The Bertz CT molecular complexity index is 924. The van der Waals surface area contributed by atoms with Crippen LogP contribution in [0.5, 0.6) is 11.5 Å². The Morgan fingerprint density at radius 1 is 0.968 bits per heavy atom. The van der Waals surface area contributed by atoms with Crippen LogP contribution in [0.25, 0.3) is 0 Å². The van der Waals surface area contributed by atoms with Gasteiger partial charge in [-0.15, -0.1) is 6.58 Å². The molecule has 0 aromatic heterocycles. The zero-order chi connectivity index (χ0) is 22.5. The van der Waals surface area contributed by atoms with Gasteiger partial charge in [-0.3, -0.25) is 14.4 Å². The number of nitrogens with one attached hydrogen (secondary N) is 3. The van der Waals surface area contributed by atoms with E-state index in [9.17, 15) is 14.4 Å². The molecule has 0 saturated heterocycles. The first-order chi connectivity index (χ1) is 15.0. The monoisotopic (exact) mass is 424 g/mol. The van der Waals surface area contributed by atoms with Gasteiger partial charge in [-0.1, -0.05) is 6.08 Å². The fraction of sp³-hybridized carbons (Fsp3) is 0.182. The highest BCUT2D eigenvalue weighted by molar-refractivity contribution is 6.35. The van der Waals surface area contributed by atoms with Crippen molar-refractivity contribution in [2.75, 3.05) is 25.1 Å². The Labute approximate surface area is 180 Å². The molecule has 0 saturated carbocycles. The van der Waals surface area contributed by atoms with Crippen molar-refractivity contribution in [3.05, 3.63) is 66.7 Å². The number of amides is 3. The van der Waals surface area contributed by atoms with E-state index in [1.165, 1.54) is 12.3 Å². The van der Waals surface area contributed by atoms with Gasteiger partial charge < -0.3 is 20.1 Å². The number of hydrazone groups is 1. The maximum Gasteiger partial charge on any atom is 0.329 e. The van der Waals surface area contributed by atoms with E-state index >= 15 is 0 Å². The standard InChI is InChI=1S/C22H24N4O5/c1-3-13-23-21(28)22(29)26-24-14-16-5-9-19(10-6-16)31-15-20(27)25-17-7-11-18(12-8-17)30-4-2/h3,5-12,14H,1,4,13,15H2,2H3,(H,23,28)(H,25,27)(H,26,29)/b24-14-. The second kappa shape index (κ2) is 12.4. The van der Waals surface area contributed by atoms with E-state index in [2.05, 4.69) is 27.7 Å². The molecule has 0 bridgehead atoms. The zero-order valence-electron chi connectivity index (χ0n) is 17.1. The molecule has 2 rings (SSSR count). The van der Waals surface area contributed by atoms with Crippen molar-refractivity contribution in [3.8, 4) is 11.5 Å². The van der Waals surface area contributed by atoms with Gasteiger partial charge in [0.25, 0.3) is 5.91 Å². The van der Waals surface area contributed by atoms with Crippen LogP contribution in [-0.2, 0) is 14.4 Å². The molecule has 2 aromatic rings. The van der Waals surface area contributed by atoms with Gasteiger partial charge in [-0.25, -0.2) is 5.43 Å². The smallest absolute Gasteiger partial charge is 0.329 e. The molecule has 9 heteroatoms. The van der Waals surface area contributed by atoms with Crippen LogP contribution in [0, 0.1) is 0 Å². The van der Waals surface area contributed by atoms with Crippen molar-refractivity contribution >= 4 is 29.6 Å². The molecule has 0 aliphatic carbocycles. The number of carbonyl (C=O) groups excluding carboxylic acids is 3. The summed E-state index contributed by atoms with van der Waals surface area (Å²) in [4.78, 5) is 34.9. The average molecular weight is 424 g/mol. The first-order valence-electron chi connectivity index (χ1n) is 9.49. The number of carbonyl (C=O) groups is 3. The van der Waals surface area contributed by atoms with Crippen LogP contribution in [0.1, 0.15) is 12.5 Å². The number of ether oxygens (including phenoxy) is 2. The summed E-state index contributed by atoms with van der Waals surface area (Å²) in [6.45, 7) is 5.95. The molecular formula is C22H24N4O5. The summed E-state index contributed by atoms with van der Waals surface area (Å²) in [5.41, 5.74) is 3.43. The minimum absolute atomic E-state index is 0.156. The van der Waals surface area contributed by atoms with E-state index in [4.69, 9.17) is 9.47 Å². The van der Waals surface area contributed by atoms with Crippen LogP contribution in [0.4, 0.5) is 5.69 Å². The molecule has 0 spiro atoms. The first-order valence-corrected chi connectivity index (χ1v) is 9.49. The van der Waals surface area contributed by atoms with Gasteiger partial charge >= 0.3 is 11.8 Å². The third kappa shape index (κ3) is 8.40. The number of benzene rings is 2. The van der Waals surface area contributed by atoms with Crippen LogP contribution in [0.2, 0.25) is 0 Å². The molecule has 0 atom stereocenters. The zero-order valence-corrected chi connectivity index (χ0v) is 17.1. The highest BCUT2D eigenvalue weighted by atomic mass is 16.5. The van der Waals surface area contributed by atoms with Crippen LogP contribution in [-0.4, -0.2) is 43.7 Å². The van der Waals surface area contributed by atoms with Gasteiger partial charge in [-0.2, -0.15) is 5.10 Å². The summed E-state index contributed by atoms with van der Waals surface area (Å²) in [5.74, 6) is -0.754. The SMILES string of the molecule is C=CCNC(=O)C(=O)N/N=C\c1ccc(OCC(=O)Nc2ccc(OCC)cc2)cc1. The van der Waals surface area contributed by atoms with Crippen molar-refractivity contribution in [2.24, 2.45) is 5.10 Å². The quantitative estimate of drug-likeness (QED) is 0.233. The summed E-state index contributed by atoms with van der Waals surface area (Å²) in [7, 11) is 0. The largest absolute Gasteiger partial charge is 0.494 e. The van der Waals surface area contributed by atoms with E-state index in [-0.39, 0.29) is 19.1 Å². The van der Waals surface area contributed by atoms with Crippen molar-refractivity contribution in [1.29, 1.82) is 0 Å². The summed E-state index contributed by atoms with van der Waals surface area (Å²) in [6.07, 6.45) is 2.84. The summed E-state index contributed by atoms with van der Waals surface area (Å²) < 4.78 is 10.8. The van der Waals surface area contributed by atoms with Crippen molar-refractivity contribution in [2.45, 2.75) is 6.92 Å². The lowest BCUT2D eigenvalue weighted by molar-refractivity contribution is -0.139. The predicted molar refractivity (Wildman–Crippen MR) is 117 cm³/mol. The third-order valence-corrected chi connectivity index (χ3v) is 3.69. The normalized spacial score (nSPS) is 10.2. The van der Waals surface area contributed by atoms with E-state index in [0.717, 1.165) is 5.75 Å².